The summed E-state index contributed by atoms with van der Waals surface area (Å²) >= 11 is 0. The van der Waals surface area contributed by atoms with E-state index in [-0.39, 0.29) is 0 Å². The van der Waals surface area contributed by atoms with E-state index >= 15 is 0 Å². The van der Waals surface area contributed by atoms with Gasteiger partial charge in [0.25, 0.3) is 6.01 Å². The number of aliphatic hydroxyl groups excluding tert-OH is 1. The van der Waals surface area contributed by atoms with Crippen molar-refractivity contribution >= 4 is 23.1 Å². The summed E-state index contributed by atoms with van der Waals surface area (Å²) in [7, 11) is 0. The van der Waals surface area contributed by atoms with E-state index in [0.717, 1.165) is 37.5 Å². The van der Waals surface area contributed by atoms with Crippen LogP contribution in [-0.4, -0.2) is 51.2 Å². The smallest absolute Gasteiger partial charge is 0.299 e. The Bertz CT molecular complexity index is 808. The molecule has 8 nitrogen and oxygen atoms in total. The molecule has 8 heteroatoms. The minimum atomic E-state index is -0.668. The number of oxazole rings is 1. The largest absolute Gasteiger partial charge is 0.404 e. The van der Waals surface area contributed by atoms with Crippen LogP contribution in [0.4, 0.5) is 11.8 Å². The number of pyridine rings is 1. The summed E-state index contributed by atoms with van der Waals surface area (Å²) in [4.78, 5) is 21.5. The molecule has 3 aromatic heterocycles. The number of aliphatic hydroxyl groups is 1. The molecule has 0 aliphatic carbocycles. The predicted octanol–water partition coefficient (Wildman–Crippen LogP) is 1.39. The van der Waals surface area contributed by atoms with Gasteiger partial charge in [-0.25, -0.2) is 15.0 Å². The lowest BCUT2D eigenvalue weighted by Gasteiger charge is -2.34. The van der Waals surface area contributed by atoms with Crippen molar-refractivity contribution in [3.63, 3.8) is 0 Å². The van der Waals surface area contributed by atoms with Gasteiger partial charge in [-0.3, -0.25) is 0 Å². The summed E-state index contributed by atoms with van der Waals surface area (Å²) in [6.45, 7) is 4.81. The van der Waals surface area contributed by atoms with Crippen LogP contribution >= 0.6 is 0 Å². The van der Waals surface area contributed by atoms with Crippen LogP contribution in [0.25, 0.3) is 11.2 Å². The minimum Gasteiger partial charge on any atom is -0.404 e. The zero-order valence-electron chi connectivity index (χ0n) is 13.3. The molecule has 0 amide bonds. The fourth-order valence-electron chi connectivity index (χ4n) is 2.76. The highest BCUT2D eigenvalue weighted by molar-refractivity contribution is 5.69. The van der Waals surface area contributed by atoms with Gasteiger partial charge in [0.15, 0.2) is 5.82 Å². The van der Waals surface area contributed by atoms with E-state index < -0.39 is 6.10 Å². The van der Waals surface area contributed by atoms with Crippen LogP contribution in [-0.2, 0) is 0 Å². The normalized spacial score (nSPS) is 16.6. The molecule has 1 saturated heterocycles. The maximum atomic E-state index is 9.63. The Kier molecular flexibility index (Phi) is 3.73. The van der Waals surface area contributed by atoms with Crippen LogP contribution in [0.2, 0.25) is 0 Å². The zero-order chi connectivity index (χ0) is 16.5. The number of anilines is 2. The summed E-state index contributed by atoms with van der Waals surface area (Å²) < 4.78 is 5.73. The first-order valence-electron chi connectivity index (χ1n) is 7.93. The third-order valence-corrected chi connectivity index (χ3v) is 4.06. The van der Waals surface area contributed by atoms with E-state index in [1.807, 2.05) is 18.2 Å². The van der Waals surface area contributed by atoms with Gasteiger partial charge in [-0.2, -0.15) is 4.98 Å². The van der Waals surface area contributed by atoms with E-state index in [2.05, 4.69) is 29.7 Å². The Hall–Kier alpha value is -2.74. The topological polar surface area (TPSA) is 91.4 Å². The highest BCUT2D eigenvalue weighted by Crippen LogP contribution is 2.22. The Morgan fingerprint density at radius 2 is 1.83 bits per heavy atom. The summed E-state index contributed by atoms with van der Waals surface area (Å²) in [6, 6.07) is 6.21. The van der Waals surface area contributed by atoms with E-state index in [4.69, 9.17) is 4.42 Å². The molecule has 124 valence electrons. The third kappa shape index (κ3) is 2.76. The van der Waals surface area contributed by atoms with Gasteiger partial charge in [0.2, 0.25) is 5.71 Å². The van der Waals surface area contributed by atoms with Crippen molar-refractivity contribution < 1.29 is 9.52 Å². The van der Waals surface area contributed by atoms with E-state index in [0.29, 0.717) is 17.6 Å². The minimum absolute atomic E-state index is 0.444. The van der Waals surface area contributed by atoms with E-state index in [9.17, 15) is 5.11 Å². The molecule has 1 fully saturated rings. The van der Waals surface area contributed by atoms with Gasteiger partial charge < -0.3 is 19.3 Å². The average molecular weight is 326 g/mol. The van der Waals surface area contributed by atoms with Gasteiger partial charge in [-0.1, -0.05) is 0 Å². The quantitative estimate of drug-likeness (QED) is 0.772. The number of hydrogen-bond donors (Lipinski definition) is 1. The SMILES string of the molecule is CC(O)c1nccc(N2CCN(c3nc4cccnc4o3)CC2)n1. The van der Waals surface area contributed by atoms with Crippen LogP contribution in [0.5, 0.6) is 0 Å². The fraction of sp³-hybridized carbons (Fsp3) is 0.375. The van der Waals surface area contributed by atoms with Crippen LogP contribution in [0, 0.1) is 0 Å². The number of piperazine rings is 1. The Labute approximate surface area is 138 Å². The van der Waals surface area contributed by atoms with Gasteiger partial charge in [-0.15, -0.1) is 0 Å². The standard InChI is InChI=1S/C16H18N6O2/c1-11(23)14-17-6-4-13(20-14)21-7-9-22(10-8-21)16-19-12-3-2-5-18-15(12)24-16/h2-6,11,23H,7-10H2,1H3. The van der Waals surface area contributed by atoms with Gasteiger partial charge >= 0.3 is 0 Å². The summed E-state index contributed by atoms with van der Waals surface area (Å²) in [5.74, 6) is 1.28. The third-order valence-electron chi connectivity index (χ3n) is 4.06. The molecule has 0 radical (unpaired) electrons. The van der Waals surface area contributed by atoms with Crippen molar-refractivity contribution in [2.24, 2.45) is 0 Å². The van der Waals surface area contributed by atoms with E-state index in [1.165, 1.54) is 0 Å². The molecular weight excluding hydrogens is 308 g/mol. The molecule has 1 aliphatic rings. The number of rotatable bonds is 3. The van der Waals surface area contributed by atoms with Crippen LogP contribution < -0.4 is 9.80 Å². The molecule has 0 spiro atoms. The first kappa shape index (κ1) is 14.8. The summed E-state index contributed by atoms with van der Waals surface area (Å²) in [6.07, 6.45) is 2.71. The van der Waals surface area contributed by atoms with E-state index in [1.54, 1.807) is 19.3 Å². The zero-order valence-corrected chi connectivity index (χ0v) is 13.3. The first-order chi connectivity index (χ1) is 11.7. The highest BCUT2D eigenvalue weighted by Gasteiger charge is 2.22. The number of hydrogen-bond acceptors (Lipinski definition) is 8. The number of fused-ring (bicyclic) bond motifs is 1. The second-order valence-corrected chi connectivity index (χ2v) is 5.75. The lowest BCUT2D eigenvalue weighted by atomic mass is 10.3. The van der Waals surface area contributed by atoms with Gasteiger partial charge in [-0.05, 0) is 25.1 Å². The highest BCUT2D eigenvalue weighted by atomic mass is 16.4. The van der Waals surface area contributed by atoms with Crippen molar-refractivity contribution in [2.45, 2.75) is 13.0 Å². The monoisotopic (exact) mass is 326 g/mol. The van der Waals surface area contributed by atoms with Crippen molar-refractivity contribution in [1.29, 1.82) is 0 Å². The van der Waals surface area contributed by atoms with Crippen LogP contribution in [0.1, 0.15) is 18.9 Å². The molecular formula is C16H18N6O2. The Morgan fingerprint density at radius 3 is 2.58 bits per heavy atom. The molecule has 0 saturated carbocycles. The Balaban J connectivity index is 1.47. The van der Waals surface area contributed by atoms with Crippen molar-refractivity contribution in [3.05, 3.63) is 36.4 Å². The number of nitrogens with zero attached hydrogens (tertiary/aromatic N) is 6. The van der Waals surface area contributed by atoms with Gasteiger partial charge in [0.1, 0.15) is 17.4 Å². The predicted molar refractivity (Wildman–Crippen MR) is 88.9 cm³/mol. The maximum Gasteiger partial charge on any atom is 0.299 e. The molecule has 1 atom stereocenters. The number of aromatic nitrogens is 4. The molecule has 4 heterocycles. The van der Waals surface area contributed by atoms with Crippen LogP contribution in [0.3, 0.4) is 0 Å². The van der Waals surface area contributed by atoms with Crippen molar-refractivity contribution in [2.75, 3.05) is 36.0 Å². The Morgan fingerprint density at radius 1 is 1.04 bits per heavy atom. The molecule has 1 aliphatic heterocycles. The van der Waals surface area contributed by atoms with Crippen LogP contribution in [0.15, 0.2) is 35.0 Å². The van der Waals surface area contributed by atoms with Crippen molar-refractivity contribution in [3.8, 4) is 0 Å². The molecule has 0 aromatic carbocycles. The average Bonchev–Trinajstić information content (AvgIpc) is 3.06. The second-order valence-electron chi connectivity index (χ2n) is 5.75. The molecule has 1 N–H and O–H groups in total. The molecule has 1 unspecified atom stereocenters. The summed E-state index contributed by atoms with van der Waals surface area (Å²) in [5, 5.41) is 9.63. The fourth-order valence-corrected chi connectivity index (χ4v) is 2.76. The van der Waals surface area contributed by atoms with Gasteiger partial charge in [0.05, 0.1) is 0 Å². The van der Waals surface area contributed by atoms with Crippen molar-refractivity contribution in [1.82, 2.24) is 19.9 Å². The molecule has 0 bridgehead atoms. The second kappa shape index (κ2) is 6.04. The maximum absolute atomic E-state index is 9.63. The molecule has 24 heavy (non-hydrogen) atoms. The van der Waals surface area contributed by atoms with Gasteiger partial charge in [0, 0.05) is 38.6 Å². The molecule has 4 rings (SSSR count). The molecule has 3 aromatic rings. The lowest BCUT2D eigenvalue weighted by molar-refractivity contribution is 0.189. The first-order valence-corrected chi connectivity index (χ1v) is 7.93. The summed E-state index contributed by atoms with van der Waals surface area (Å²) in [5.41, 5.74) is 1.33. The lowest BCUT2D eigenvalue weighted by Crippen LogP contribution is -2.47.